The van der Waals surface area contributed by atoms with Crippen molar-refractivity contribution in [1.29, 1.82) is 0 Å². The number of anilines is 2. The molecular weight excluding hydrogens is 321 g/mol. The van der Waals surface area contributed by atoms with Gasteiger partial charge in [-0.25, -0.2) is 9.18 Å². The molecule has 2 N–H and O–H groups in total. The van der Waals surface area contributed by atoms with Crippen LogP contribution in [0.4, 0.5) is 20.6 Å². The van der Waals surface area contributed by atoms with Gasteiger partial charge in [0.05, 0.1) is 0 Å². The smallest absolute Gasteiger partial charge is 0.319 e. The van der Waals surface area contributed by atoms with Gasteiger partial charge in [-0.05, 0) is 61.7 Å². The van der Waals surface area contributed by atoms with Crippen molar-refractivity contribution >= 4 is 23.3 Å². The van der Waals surface area contributed by atoms with Crippen LogP contribution in [-0.4, -0.2) is 24.5 Å². The molecule has 0 aliphatic carbocycles. The summed E-state index contributed by atoms with van der Waals surface area (Å²) in [6, 6.07) is 10.4. The molecule has 1 heterocycles. The van der Waals surface area contributed by atoms with E-state index in [1.165, 1.54) is 23.8 Å². The number of benzene rings is 2. The van der Waals surface area contributed by atoms with E-state index < -0.39 is 17.9 Å². The molecule has 25 heavy (non-hydrogen) atoms. The zero-order chi connectivity index (χ0) is 18.0. The summed E-state index contributed by atoms with van der Waals surface area (Å²) in [5.41, 5.74) is 3.46. The Morgan fingerprint density at radius 3 is 2.68 bits per heavy atom. The van der Waals surface area contributed by atoms with Crippen LogP contribution in [0.15, 0.2) is 42.5 Å². The topological polar surface area (TPSA) is 61.4 Å². The Balaban J connectivity index is 1.63. The SMILES string of the molecule is Cc1ccc(N2CC[C@@H](NC(=O)Nc3cccc(F)c3)C2=O)cc1C. The summed E-state index contributed by atoms with van der Waals surface area (Å²) in [6.45, 7) is 4.57. The van der Waals surface area contributed by atoms with Crippen LogP contribution in [0.5, 0.6) is 0 Å². The fourth-order valence-electron chi connectivity index (χ4n) is 2.86. The van der Waals surface area contributed by atoms with Gasteiger partial charge in [0.25, 0.3) is 0 Å². The molecule has 0 aromatic heterocycles. The van der Waals surface area contributed by atoms with E-state index in [4.69, 9.17) is 0 Å². The molecule has 3 rings (SSSR count). The summed E-state index contributed by atoms with van der Waals surface area (Å²) in [5.74, 6) is -0.576. The average molecular weight is 341 g/mol. The van der Waals surface area contributed by atoms with Crippen molar-refractivity contribution in [1.82, 2.24) is 5.32 Å². The van der Waals surface area contributed by atoms with Gasteiger partial charge in [0.15, 0.2) is 0 Å². The van der Waals surface area contributed by atoms with E-state index in [-0.39, 0.29) is 5.91 Å². The number of aryl methyl sites for hydroxylation is 2. The van der Waals surface area contributed by atoms with E-state index >= 15 is 0 Å². The second-order valence-electron chi connectivity index (χ2n) is 6.21. The molecule has 1 aliphatic heterocycles. The summed E-state index contributed by atoms with van der Waals surface area (Å²) in [4.78, 5) is 26.3. The molecule has 0 bridgehead atoms. The fourth-order valence-corrected chi connectivity index (χ4v) is 2.86. The number of rotatable bonds is 3. The third-order valence-corrected chi connectivity index (χ3v) is 4.40. The van der Waals surface area contributed by atoms with Crippen LogP contribution in [0, 0.1) is 19.7 Å². The number of carbonyl (C=O) groups is 2. The zero-order valence-corrected chi connectivity index (χ0v) is 14.2. The third kappa shape index (κ3) is 3.79. The van der Waals surface area contributed by atoms with Crippen molar-refractivity contribution < 1.29 is 14.0 Å². The van der Waals surface area contributed by atoms with Gasteiger partial charge in [-0.2, -0.15) is 0 Å². The molecule has 2 aromatic rings. The number of nitrogens with one attached hydrogen (secondary N) is 2. The monoisotopic (exact) mass is 341 g/mol. The summed E-state index contributed by atoms with van der Waals surface area (Å²) < 4.78 is 13.2. The Morgan fingerprint density at radius 2 is 1.96 bits per heavy atom. The number of hydrogen-bond acceptors (Lipinski definition) is 2. The normalized spacial score (nSPS) is 16.8. The molecule has 1 saturated heterocycles. The number of halogens is 1. The first-order valence-corrected chi connectivity index (χ1v) is 8.16. The van der Waals surface area contributed by atoms with Gasteiger partial charge in [-0.15, -0.1) is 0 Å². The molecule has 3 amide bonds. The molecule has 1 aliphatic rings. The largest absolute Gasteiger partial charge is 0.326 e. The van der Waals surface area contributed by atoms with E-state index in [9.17, 15) is 14.0 Å². The van der Waals surface area contributed by atoms with Gasteiger partial charge in [0, 0.05) is 17.9 Å². The minimum atomic E-state index is -0.588. The first-order valence-electron chi connectivity index (χ1n) is 8.16. The van der Waals surface area contributed by atoms with E-state index in [2.05, 4.69) is 10.6 Å². The van der Waals surface area contributed by atoms with E-state index in [1.807, 2.05) is 32.0 Å². The van der Waals surface area contributed by atoms with Crippen molar-refractivity contribution in [2.24, 2.45) is 0 Å². The van der Waals surface area contributed by atoms with Crippen molar-refractivity contribution in [2.75, 3.05) is 16.8 Å². The summed E-state index contributed by atoms with van der Waals surface area (Å²) in [6.07, 6.45) is 0.530. The van der Waals surface area contributed by atoms with E-state index in [0.717, 1.165) is 11.3 Å². The molecule has 2 aromatic carbocycles. The van der Waals surface area contributed by atoms with Gasteiger partial charge < -0.3 is 15.5 Å². The van der Waals surface area contributed by atoms with Crippen LogP contribution in [0.3, 0.4) is 0 Å². The van der Waals surface area contributed by atoms with Crippen LogP contribution in [0.1, 0.15) is 17.5 Å². The fraction of sp³-hybridized carbons (Fsp3) is 0.263. The summed E-state index contributed by atoms with van der Waals surface area (Å²) in [5, 5.41) is 5.20. The van der Waals surface area contributed by atoms with Gasteiger partial charge in [0.2, 0.25) is 5.91 Å². The highest BCUT2D eigenvalue weighted by molar-refractivity contribution is 6.02. The predicted molar refractivity (Wildman–Crippen MR) is 95.2 cm³/mol. The van der Waals surface area contributed by atoms with Crippen LogP contribution in [-0.2, 0) is 4.79 Å². The van der Waals surface area contributed by atoms with Crippen molar-refractivity contribution in [2.45, 2.75) is 26.3 Å². The van der Waals surface area contributed by atoms with Gasteiger partial charge in [0.1, 0.15) is 11.9 Å². The second-order valence-corrected chi connectivity index (χ2v) is 6.21. The first kappa shape index (κ1) is 17.0. The Labute approximate surface area is 145 Å². The highest BCUT2D eigenvalue weighted by Gasteiger charge is 2.33. The van der Waals surface area contributed by atoms with Crippen molar-refractivity contribution in [3.05, 3.63) is 59.4 Å². The lowest BCUT2D eigenvalue weighted by molar-refractivity contribution is -0.118. The lowest BCUT2D eigenvalue weighted by Crippen LogP contribution is -2.43. The lowest BCUT2D eigenvalue weighted by Gasteiger charge is -2.18. The molecule has 1 atom stereocenters. The van der Waals surface area contributed by atoms with Crippen molar-refractivity contribution in [3.8, 4) is 0 Å². The van der Waals surface area contributed by atoms with Crippen LogP contribution >= 0.6 is 0 Å². The highest BCUT2D eigenvalue weighted by atomic mass is 19.1. The van der Waals surface area contributed by atoms with Gasteiger partial charge in [-0.1, -0.05) is 12.1 Å². The molecule has 130 valence electrons. The van der Waals surface area contributed by atoms with E-state index in [0.29, 0.717) is 18.7 Å². The number of urea groups is 1. The third-order valence-electron chi connectivity index (χ3n) is 4.40. The molecule has 6 heteroatoms. The molecule has 0 spiro atoms. The summed E-state index contributed by atoms with van der Waals surface area (Å²) >= 11 is 0. The quantitative estimate of drug-likeness (QED) is 0.899. The molecule has 0 radical (unpaired) electrons. The average Bonchev–Trinajstić information content (AvgIpc) is 2.91. The summed E-state index contributed by atoms with van der Waals surface area (Å²) in [7, 11) is 0. The number of amides is 3. The Morgan fingerprint density at radius 1 is 1.16 bits per heavy atom. The first-order chi connectivity index (χ1) is 11.9. The van der Waals surface area contributed by atoms with Gasteiger partial charge >= 0.3 is 6.03 Å². The highest BCUT2D eigenvalue weighted by Crippen LogP contribution is 2.24. The molecule has 5 nitrogen and oxygen atoms in total. The maximum absolute atomic E-state index is 13.2. The van der Waals surface area contributed by atoms with Gasteiger partial charge in [-0.3, -0.25) is 4.79 Å². The van der Waals surface area contributed by atoms with E-state index in [1.54, 1.807) is 11.0 Å². The molecular formula is C19H20FN3O2. The Kier molecular flexibility index (Phi) is 4.70. The minimum absolute atomic E-state index is 0.141. The van der Waals surface area contributed by atoms with Crippen LogP contribution in [0.25, 0.3) is 0 Å². The second kappa shape index (κ2) is 6.93. The maximum atomic E-state index is 13.2. The Hall–Kier alpha value is -2.89. The Bertz CT molecular complexity index is 822. The standard InChI is InChI=1S/C19H20FN3O2/c1-12-6-7-16(10-13(12)2)23-9-8-17(18(23)24)22-19(25)21-15-5-3-4-14(20)11-15/h3-7,10-11,17H,8-9H2,1-2H3,(H2,21,22,25)/t17-/m1/s1. The zero-order valence-electron chi connectivity index (χ0n) is 14.2. The number of carbonyl (C=O) groups excluding carboxylic acids is 2. The molecule has 1 fully saturated rings. The van der Waals surface area contributed by atoms with Crippen molar-refractivity contribution in [3.63, 3.8) is 0 Å². The predicted octanol–water partition coefficient (Wildman–Crippen LogP) is 3.37. The maximum Gasteiger partial charge on any atom is 0.319 e. The molecule has 0 unspecified atom stereocenters. The number of nitrogens with zero attached hydrogens (tertiary/aromatic N) is 1. The van der Waals surface area contributed by atoms with Crippen LogP contribution < -0.4 is 15.5 Å². The number of hydrogen-bond donors (Lipinski definition) is 2. The van der Waals surface area contributed by atoms with Crippen LogP contribution in [0.2, 0.25) is 0 Å². The molecule has 0 saturated carbocycles. The minimum Gasteiger partial charge on any atom is -0.326 e. The lowest BCUT2D eigenvalue weighted by atomic mass is 10.1.